The number of carbonyl (C=O) groups excluding carboxylic acids is 2. The van der Waals surface area contributed by atoms with E-state index in [1.807, 2.05) is 37.3 Å². The molecule has 2 amide bonds. The van der Waals surface area contributed by atoms with Crippen LogP contribution in [0.15, 0.2) is 30.3 Å². The Morgan fingerprint density at radius 2 is 1.88 bits per heavy atom. The molecule has 3 rings (SSSR count). The van der Waals surface area contributed by atoms with E-state index in [0.29, 0.717) is 43.3 Å². The van der Waals surface area contributed by atoms with Gasteiger partial charge in [-0.15, -0.1) is 11.3 Å². The summed E-state index contributed by atoms with van der Waals surface area (Å²) in [6, 6.07) is 9.96. The first kappa shape index (κ1) is 17.6. The SMILES string of the molecule is CCC(=O)Nc1sc(-c2ccccc2)c(C)c1C(=O)N1CCOCC1. The second-order valence-electron chi connectivity index (χ2n) is 5.93. The second kappa shape index (κ2) is 7.80. The summed E-state index contributed by atoms with van der Waals surface area (Å²) in [5, 5.41) is 3.55. The number of nitrogens with one attached hydrogen (secondary N) is 1. The molecule has 0 unspecified atom stereocenters. The average Bonchev–Trinajstić information content (AvgIpc) is 2.98. The van der Waals surface area contributed by atoms with Gasteiger partial charge in [-0.25, -0.2) is 0 Å². The van der Waals surface area contributed by atoms with Gasteiger partial charge in [-0.2, -0.15) is 0 Å². The lowest BCUT2D eigenvalue weighted by Crippen LogP contribution is -2.41. The van der Waals surface area contributed by atoms with Crippen LogP contribution in [0.25, 0.3) is 10.4 Å². The Hall–Kier alpha value is -2.18. The first-order valence-electron chi connectivity index (χ1n) is 8.47. The first-order chi connectivity index (χ1) is 12.1. The van der Waals surface area contributed by atoms with Crippen LogP contribution in [0.1, 0.15) is 29.3 Å². The van der Waals surface area contributed by atoms with Crippen LogP contribution in [-0.2, 0) is 9.53 Å². The van der Waals surface area contributed by atoms with Crippen molar-refractivity contribution in [3.63, 3.8) is 0 Å². The van der Waals surface area contributed by atoms with E-state index in [-0.39, 0.29) is 11.8 Å². The third-order valence-corrected chi connectivity index (χ3v) is 5.53. The van der Waals surface area contributed by atoms with Gasteiger partial charge < -0.3 is 15.0 Å². The lowest BCUT2D eigenvalue weighted by atomic mass is 10.1. The molecule has 2 heterocycles. The van der Waals surface area contributed by atoms with E-state index < -0.39 is 0 Å². The lowest BCUT2D eigenvalue weighted by molar-refractivity contribution is -0.115. The number of thiophene rings is 1. The minimum atomic E-state index is -0.0862. The van der Waals surface area contributed by atoms with Gasteiger partial charge in [0.15, 0.2) is 0 Å². The Morgan fingerprint density at radius 3 is 2.52 bits per heavy atom. The van der Waals surface area contributed by atoms with Gasteiger partial charge >= 0.3 is 0 Å². The topological polar surface area (TPSA) is 58.6 Å². The molecule has 0 radical (unpaired) electrons. The lowest BCUT2D eigenvalue weighted by Gasteiger charge is -2.27. The summed E-state index contributed by atoms with van der Waals surface area (Å²) < 4.78 is 5.34. The van der Waals surface area contributed by atoms with E-state index in [1.165, 1.54) is 11.3 Å². The van der Waals surface area contributed by atoms with Crippen LogP contribution in [-0.4, -0.2) is 43.0 Å². The summed E-state index contributed by atoms with van der Waals surface area (Å²) in [4.78, 5) is 27.8. The fourth-order valence-electron chi connectivity index (χ4n) is 2.86. The van der Waals surface area contributed by atoms with E-state index in [4.69, 9.17) is 4.74 Å². The van der Waals surface area contributed by atoms with Crippen LogP contribution in [0, 0.1) is 6.92 Å². The predicted octanol–water partition coefficient (Wildman–Crippen LogP) is 3.54. The zero-order valence-electron chi connectivity index (χ0n) is 14.5. The number of morpholine rings is 1. The Labute approximate surface area is 151 Å². The molecule has 0 bridgehead atoms. The molecule has 1 aromatic heterocycles. The molecule has 0 saturated carbocycles. The molecular formula is C19H22N2O3S. The van der Waals surface area contributed by atoms with E-state index in [9.17, 15) is 9.59 Å². The summed E-state index contributed by atoms with van der Waals surface area (Å²) >= 11 is 1.46. The number of hydrogen-bond acceptors (Lipinski definition) is 4. The summed E-state index contributed by atoms with van der Waals surface area (Å²) in [5.41, 5.74) is 2.57. The van der Waals surface area contributed by atoms with Crippen molar-refractivity contribution < 1.29 is 14.3 Å². The van der Waals surface area contributed by atoms with Crippen LogP contribution < -0.4 is 5.32 Å². The van der Waals surface area contributed by atoms with Crippen molar-refractivity contribution in [3.05, 3.63) is 41.5 Å². The number of nitrogens with zero attached hydrogens (tertiary/aromatic N) is 1. The molecule has 1 saturated heterocycles. The molecule has 1 aliphatic rings. The number of anilines is 1. The molecule has 2 aromatic rings. The maximum atomic E-state index is 13.1. The third-order valence-electron chi connectivity index (χ3n) is 4.27. The Morgan fingerprint density at radius 1 is 1.20 bits per heavy atom. The number of amides is 2. The molecule has 0 spiro atoms. The van der Waals surface area contributed by atoms with Crippen LogP contribution in [0.4, 0.5) is 5.00 Å². The van der Waals surface area contributed by atoms with Crippen LogP contribution in [0.5, 0.6) is 0 Å². The van der Waals surface area contributed by atoms with Crippen LogP contribution >= 0.6 is 11.3 Å². The highest BCUT2D eigenvalue weighted by Gasteiger charge is 2.27. The molecule has 0 aliphatic carbocycles. The van der Waals surface area contributed by atoms with Gasteiger partial charge in [0, 0.05) is 24.4 Å². The normalized spacial score (nSPS) is 14.4. The number of carbonyl (C=O) groups is 2. The summed E-state index contributed by atoms with van der Waals surface area (Å²) in [7, 11) is 0. The van der Waals surface area contributed by atoms with E-state index in [0.717, 1.165) is 16.0 Å². The second-order valence-corrected chi connectivity index (χ2v) is 6.95. The zero-order chi connectivity index (χ0) is 17.8. The van der Waals surface area contributed by atoms with Gasteiger partial charge in [0.1, 0.15) is 5.00 Å². The maximum Gasteiger partial charge on any atom is 0.257 e. The highest BCUT2D eigenvalue weighted by molar-refractivity contribution is 7.20. The third kappa shape index (κ3) is 3.75. The first-order valence-corrected chi connectivity index (χ1v) is 9.29. The minimum Gasteiger partial charge on any atom is -0.378 e. The Bertz CT molecular complexity index is 764. The fourth-order valence-corrected chi connectivity index (χ4v) is 4.08. The average molecular weight is 358 g/mol. The predicted molar refractivity (Wildman–Crippen MR) is 100 cm³/mol. The summed E-state index contributed by atoms with van der Waals surface area (Å²) in [6.07, 6.45) is 0.378. The molecule has 1 aromatic carbocycles. The molecular weight excluding hydrogens is 336 g/mol. The molecule has 132 valence electrons. The highest BCUT2D eigenvalue weighted by Crippen LogP contribution is 2.40. The number of hydrogen-bond donors (Lipinski definition) is 1. The maximum absolute atomic E-state index is 13.1. The van der Waals surface area contributed by atoms with Crippen molar-refractivity contribution in [2.45, 2.75) is 20.3 Å². The van der Waals surface area contributed by atoms with Crippen molar-refractivity contribution >= 4 is 28.2 Å². The van der Waals surface area contributed by atoms with E-state index >= 15 is 0 Å². The molecule has 6 heteroatoms. The summed E-state index contributed by atoms with van der Waals surface area (Å²) in [6.45, 7) is 6.02. The van der Waals surface area contributed by atoms with Crippen LogP contribution in [0.2, 0.25) is 0 Å². The van der Waals surface area contributed by atoms with Gasteiger partial charge in [0.2, 0.25) is 5.91 Å². The van der Waals surface area contributed by atoms with Crippen molar-refractivity contribution in [2.24, 2.45) is 0 Å². The van der Waals surface area contributed by atoms with Crippen LogP contribution in [0.3, 0.4) is 0 Å². The van der Waals surface area contributed by atoms with Gasteiger partial charge in [0.05, 0.1) is 18.8 Å². The monoisotopic (exact) mass is 358 g/mol. The standard InChI is InChI=1S/C19H22N2O3S/c1-3-15(22)20-18-16(19(23)21-9-11-24-12-10-21)13(2)17(25-18)14-7-5-4-6-8-14/h4-8H,3,9-12H2,1-2H3,(H,20,22). The fraction of sp³-hybridized carbons (Fsp3) is 0.368. The van der Waals surface area contributed by atoms with Crippen molar-refractivity contribution in [1.82, 2.24) is 4.90 Å². The van der Waals surface area contributed by atoms with Gasteiger partial charge in [-0.1, -0.05) is 37.3 Å². The minimum absolute atomic E-state index is 0.0364. The molecule has 1 aliphatic heterocycles. The van der Waals surface area contributed by atoms with Crippen molar-refractivity contribution in [1.29, 1.82) is 0 Å². The van der Waals surface area contributed by atoms with Crippen molar-refractivity contribution in [3.8, 4) is 10.4 Å². The molecule has 25 heavy (non-hydrogen) atoms. The summed E-state index contributed by atoms with van der Waals surface area (Å²) in [5.74, 6) is -0.123. The number of ether oxygens (including phenoxy) is 1. The van der Waals surface area contributed by atoms with E-state index in [1.54, 1.807) is 11.8 Å². The molecule has 1 N–H and O–H groups in total. The smallest absolute Gasteiger partial charge is 0.257 e. The number of benzene rings is 1. The highest BCUT2D eigenvalue weighted by atomic mass is 32.1. The molecule has 5 nitrogen and oxygen atoms in total. The van der Waals surface area contributed by atoms with Gasteiger partial charge in [-0.3, -0.25) is 9.59 Å². The molecule has 1 fully saturated rings. The number of rotatable bonds is 4. The van der Waals surface area contributed by atoms with E-state index in [2.05, 4.69) is 5.32 Å². The van der Waals surface area contributed by atoms with Crippen molar-refractivity contribution in [2.75, 3.05) is 31.6 Å². The Balaban J connectivity index is 2.03. The van der Waals surface area contributed by atoms with Gasteiger partial charge in [-0.05, 0) is 18.1 Å². The largest absolute Gasteiger partial charge is 0.378 e. The molecule has 0 atom stereocenters. The zero-order valence-corrected chi connectivity index (χ0v) is 15.3. The Kier molecular flexibility index (Phi) is 5.50. The quantitative estimate of drug-likeness (QED) is 0.909. The van der Waals surface area contributed by atoms with Gasteiger partial charge in [0.25, 0.3) is 5.91 Å².